The summed E-state index contributed by atoms with van der Waals surface area (Å²) in [5.41, 5.74) is 0.965. The normalized spacial score (nSPS) is 17.8. The Morgan fingerprint density at radius 2 is 1.95 bits per heavy atom. The second kappa shape index (κ2) is 7.06. The summed E-state index contributed by atoms with van der Waals surface area (Å²) in [5.74, 6) is -0.357. The largest absolute Gasteiger partial charge is 0.354 e. The molecule has 4 amide bonds. The lowest BCUT2D eigenvalue weighted by atomic mass is 10.1. The summed E-state index contributed by atoms with van der Waals surface area (Å²) in [6, 6.07) is 8.35. The van der Waals surface area contributed by atoms with Crippen molar-refractivity contribution < 1.29 is 14.4 Å². The number of rotatable bonds is 6. The Hall–Kier alpha value is -2.37. The van der Waals surface area contributed by atoms with E-state index in [1.807, 2.05) is 44.2 Å². The van der Waals surface area contributed by atoms with Gasteiger partial charge in [-0.2, -0.15) is 0 Å². The van der Waals surface area contributed by atoms with Gasteiger partial charge < -0.3 is 10.6 Å². The van der Waals surface area contributed by atoms with Crippen molar-refractivity contribution in [3.05, 3.63) is 35.9 Å². The summed E-state index contributed by atoms with van der Waals surface area (Å²) in [7, 11) is 0. The minimum absolute atomic E-state index is 0.233. The number of carbonyl (C=O) groups is 3. The molecule has 0 radical (unpaired) electrons. The average molecular weight is 303 g/mol. The first-order chi connectivity index (χ1) is 10.5. The Kier molecular flexibility index (Phi) is 5.14. The predicted octanol–water partition coefficient (Wildman–Crippen LogP) is 0.922. The van der Waals surface area contributed by atoms with Crippen LogP contribution in [0.2, 0.25) is 0 Å². The smallest absolute Gasteiger partial charge is 0.325 e. The average Bonchev–Trinajstić information content (AvgIpc) is 2.74. The van der Waals surface area contributed by atoms with E-state index in [4.69, 9.17) is 0 Å². The topological polar surface area (TPSA) is 78.5 Å². The molecule has 0 bridgehead atoms. The van der Waals surface area contributed by atoms with Crippen molar-refractivity contribution in [2.24, 2.45) is 5.92 Å². The van der Waals surface area contributed by atoms with Crippen LogP contribution >= 0.6 is 0 Å². The lowest BCUT2D eigenvalue weighted by Crippen LogP contribution is -2.42. The van der Waals surface area contributed by atoms with Crippen molar-refractivity contribution in [3.8, 4) is 0 Å². The molecule has 1 aliphatic heterocycles. The van der Waals surface area contributed by atoms with Crippen molar-refractivity contribution in [1.29, 1.82) is 0 Å². The van der Waals surface area contributed by atoms with Crippen LogP contribution < -0.4 is 10.6 Å². The van der Waals surface area contributed by atoms with Gasteiger partial charge in [-0.1, -0.05) is 44.2 Å². The lowest BCUT2D eigenvalue weighted by Gasteiger charge is -2.14. The summed E-state index contributed by atoms with van der Waals surface area (Å²) in [6.07, 6.45) is 0.426. The number of hydrogen-bond donors (Lipinski definition) is 2. The number of carbonyl (C=O) groups excluding carboxylic acids is 3. The fourth-order valence-electron chi connectivity index (χ4n) is 2.23. The Morgan fingerprint density at radius 3 is 2.59 bits per heavy atom. The number of urea groups is 1. The molecule has 6 heteroatoms. The Morgan fingerprint density at radius 1 is 1.27 bits per heavy atom. The van der Waals surface area contributed by atoms with Gasteiger partial charge >= 0.3 is 6.03 Å². The van der Waals surface area contributed by atoms with Crippen molar-refractivity contribution >= 4 is 17.8 Å². The second-order valence-corrected chi connectivity index (χ2v) is 5.81. The summed E-state index contributed by atoms with van der Waals surface area (Å²) < 4.78 is 0. The SMILES string of the molecule is CC(C)CNC(=O)CN1C(=O)NC(Cc2ccccc2)C1=O. The molecule has 6 nitrogen and oxygen atoms in total. The molecule has 2 N–H and O–H groups in total. The van der Waals surface area contributed by atoms with E-state index in [1.54, 1.807) is 0 Å². The van der Waals surface area contributed by atoms with Crippen LogP contribution in [0.4, 0.5) is 4.79 Å². The van der Waals surface area contributed by atoms with Crippen LogP contribution in [0.1, 0.15) is 19.4 Å². The first-order valence-electron chi connectivity index (χ1n) is 7.40. The highest BCUT2D eigenvalue weighted by Gasteiger charge is 2.38. The molecule has 2 rings (SSSR count). The molecule has 0 aromatic heterocycles. The zero-order valence-corrected chi connectivity index (χ0v) is 12.8. The second-order valence-electron chi connectivity index (χ2n) is 5.81. The third-order valence-corrected chi connectivity index (χ3v) is 3.40. The fraction of sp³-hybridized carbons (Fsp3) is 0.438. The summed E-state index contributed by atoms with van der Waals surface area (Å²) in [4.78, 5) is 36.9. The Balaban J connectivity index is 1.92. The van der Waals surface area contributed by atoms with Gasteiger partial charge in [-0.15, -0.1) is 0 Å². The van der Waals surface area contributed by atoms with Gasteiger partial charge in [0.2, 0.25) is 5.91 Å². The molecule has 1 unspecified atom stereocenters. The van der Waals surface area contributed by atoms with E-state index < -0.39 is 12.1 Å². The first-order valence-corrected chi connectivity index (χ1v) is 7.40. The lowest BCUT2D eigenvalue weighted by molar-refractivity contribution is -0.132. The maximum atomic E-state index is 12.3. The molecule has 1 heterocycles. The number of amides is 4. The van der Waals surface area contributed by atoms with Crippen LogP contribution in [0, 0.1) is 5.92 Å². The maximum Gasteiger partial charge on any atom is 0.325 e. The summed E-state index contributed by atoms with van der Waals surface area (Å²) in [6.45, 7) is 4.24. The maximum absolute atomic E-state index is 12.3. The number of nitrogens with zero attached hydrogens (tertiary/aromatic N) is 1. The molecule has 1 aromatic carbocycles. The molecule has 1 atom stereocenters. The Bertz CT molecular complexity index is 557. The van der Waals surface area contributed by atoms with Crippen LogP contribution in [-0.4, -0.2) is 41.9 Å². The van der Waals surface area contributed by atoms with Crippen LogP contribution in [0.5, 0.6) is 0 Å². The zero-order chi connectivity index (χ0) is 16.1. The van der Waals surface area contributed by atoms with E-state index in [0.717, 1.165) is 10.5 Å². The van der Waals surface area contributed by atoms with Gasteiger partial charge in [0.25, 0.3) is 5.91 Å². The molecule has 1 aromatic rings. The van der Waals surface area contributed by atoms with Gasteiger partial charge in [-0.3, -0.25) is 14.5 Å². The number of nitrogens with one attached hydrogen (secondary N) is 2. The minimum atomic E-state index is -0.604. The quantitative estimate of drug-likeness (QED) is 0.767. The fourth-order valence-corrected chi connectivity index (χ4v) is 2.23. The van der Waals surface area contributed by atoms with E-state index in [0.29, 0.717) is 18.9 Å². The predicted molar refractivity (Wildman–Crippen MR) is 82.0 cm³/mol. The van der Waals surface area contributed by atoms with E-state index in [2.05, 4.69) is 10.6 Å². The molecule has 1 aliphatic rings. The van der Waals surface area contributed by atoms with Gasteiger partial charge in [0.05, 0.1) is 0 Å². The molecular weight excluding hydrogens is 282 g/mol. The van der Waals surface area contributed by atoms with E-state index in [9.17, 15) is 14.4 Å². The molecule has 118 valence electrons. The van der Waals surface area contributed by atoms with Crippen molar-refractivity contribution in [3.63, 3.8) is 0 Å². The van der Waals surface area contributed by atoms with Crippen LogP contribution in [0.25, 0.3) is 0 Å². The summed E-state index contributed by atoms with van der Waals surface area (Å²) in [5, 5.41) is 5.33. The van der Waals surface area contributed by atoms with E-state index in [1.165, 1.54) is 0 Å². The molecule has 0 spiro atoms. The van der Waals surface area contributed by atoms with Gasteiger partial charge in [0.15, 0.2) is 0 Å². The minimum Gasteiger partial charge on any atom is -0.354 e. The van der Waals surface area contributed by atoms with Crippen molar-refractivity contribution in [2.75, 3.05) is 13.1 Å². The molecule has 0 aliphatic carbocycles. The Labute approximate surface area is 129 Å². The van der Waals surface area contributed by atoms with Gasteiger partial charge in [-0.05, 0) is 11.5 Å². The van der Waals surface area contributed by atoms with Crippen molar-refractivity contribution in [2.45, 2.75) is 26.3 Å². The molecule has 1 saturated heterocycles. The van der Waals surface area contributed by atoms with Crippen LogP contribution in [0.3, 0.4) is 0 Å². The monoisotopic (exact) mass is 303 g/mol. The molecular formula is C16H21N3O3. The van der Waals surface area contributed by atoms with Gasteiger partial charge in [0, 0.05) is 13.0 Å². The van der Waals surface area contributed by atoms with Gasteiger partial charge in [0.1, 0.15) is 12.6 Å². The highest BCUT2D eigenvalue weighted by molar-refractivity contribution is 6.06. The number of benzene rings is 1. The van der Waals surface area contributed by atoms with Crippen LogP contribution in [0.15, 0.2) is 30.3 Å². The molecule has 1 fully saturated rings. The highest BCUT2D eigenvalue weighted by atomic mass is 16.2. The van der Waals surface area contributed by atoms with E-state index in [-0.39, 0.29) is 18.4 Å². The highest BCUT2D eigenvalue weighted by Crippen LogP contribution is 2.11. The standard InChI is InChI=1S/C16H21N3O3/c1-11(2)9-17-14(20)10-19-15(21)13(18-16(19)22)8-12-6-4-3-5-7-12/h3-7,11,13H,8-10H2,1-2H3,(H,17,20)(H,18,22). The van der Waals surface area contributed by atoms with Gasteiger partial charge in [-0.25, -0.2) is 4.79 Å². The number of imide groups is 1. The third kappa shape index (κ3) is 4.07. The zero-order valence-electron chi connectivity index (χ0n) is 12.8. The summed E-state index contributed by atoms with van der Waals surface area (Å²) >= 11 is 0. The first kappa shape index (κ1) is 16.0. The van der Waals surface area contributed by atoms with Crippen molar-refractivity contribution in [1.82, 2.24) is 15.5 Å². The third-order valence-electron chi connectivity index (χ3n) is 3.40. The molecule has 22 heavy (non-hydrogen) atoms. The molecule has 0 saturated carbocycles. The van der Waals surface area contributed by atoms with E-state index >= 15 is 0 Å². The number of hydrogen-bond acceptors (Lipinski definition) is 3. The van der Waals surface area contributed by atoms with Crippen LogP contribution in [-0.2, 0) is 16.0 Å².